The van der Waals surface area contributed by atoms with Crippen LogP contribution in [0.2, 0.25) is 5.02 Å². The van der Waals surface area contributed by atoms with Gasteiger partial charge in [-0.1, -0.05) is 11.6 Å². The molecular weight excluding hydrogens is 366 g/mol. The van der Waals surface area contributed by atoms with Crippen molar-refractivity contribution in [3.8, 4) is 11.5 Å². The van der Waals surface area contributed by atoms with Gasteiger partial charge in [0.25, 0.3) is 0 Å². The molecule has 0 spiro atoms. The van der Waals surface area contributed by atoms with Gasteiger partial charge >= 0.3 is 11.9 Å². The Hall–Kier alpha value is -3.00. The number of nitrogens with zero attached hydrogens (tertiary/aromatic N) is 1. The second kappa shape index (κ2) is 7.92. The van der Waals surface area contributed by atoms with Gasteiger partial charge in [0.1, 0.15) is 17.3 Å². The van der Waals surface area contributed by atoms with Crippen LogP contribution in [0, 0.1) is 10.1 Å². The first-order chi connectivity index (χ1) is 12.5. The van der Waals surface area contributed by atoms with E-state index in [9.17, 15) is 14.9 Å². The minimum absolute atomic E-state index is 0.0160. The molecule has 8 nitrogen and oxygen atoms in total. The van der Waals surface area contributed by atoms with Crippen LogP contribution >= 0.6 is 11.6 Å². The summed E-state index contributed by atoms with van der Waals surface area (Å²) in [7, 11) is 0. The zero-order valence-electron chi connectivity index (χ0n) is 13.5. The summed E-state index contributed by atoms with van der Waals surface area (Å²) in [5.74, 6) is 0.137. The molecule has 0 bridgehead atoms. The Morgan fingerprint density at radius 2 is 2.12 bits per heavy atom. The third-order valence-corrected chi connectivity index (χ3v) is 3.70. The normalized spacial score (nSPS) is 13.4. The number of fused-ring (bicyclic) bond motifs is 1. The van der Waals surface area contributed by atoms with E-state index in [1.54, 1.807) is 12.1 Å². The Bertz CT molecular complexity index is 859. The number of hydrogen-bond acceptors (Lipinski definition) is 7. The van der Waals surface area contributed by atoms with Gasteiger partial charge in [-0.15, -0.1) is 0 Å². The molecule has 3 rings (SSSR count). The van der Waals surface area contributed by atoms with Crippen LogP contribution in [0.25, 0.3) is 6.08 Å². The van der Waals surface area contributed by atoms with Crippen molar-refractivity contribution in [2.45, 2.75) is 13.0 Å². The van der Waals surface area contributed by atoms with Crippen molar-refractivity contribution in [2.75, 3.05) is 13.2 Å². The number of esters is 1. The fraction of sp³-hybridized carbons (Fsp3) is 0.235. The van der Waals surface area contributed by atoms with E-state index in [0.717, 1.165) is 12.5 Å². The monoisotopic (exact) mass is 379 g/mol. The largest absolute Gasteiger partial charge is 0.489 e. The molecule has 0 N–H and O–H groups in total. The summed E-state index contributed by atoms with van der Waals surface area (Å²) in [6, 6.07) is 5.93. The molecule has 0 saturated carbocycles. The Labute approximate surface area is 153 Å². The maximum atomic E-state index is 11.8. The number of halogens is 1. The van der Waals surface area contributed by atoms with Crippen molar-refractivity contribution in [1.82, 2.24) is 0 Å². The van der Waals surface area contributed by atoms with Crippen molar-refractivity contribution in [1.29, 1.82) is 0 Å². The summed E-state index contributed by atoms with van der Waals surface area (Å²) in [6.07, 6.45) is 3.16. The molecule has 2 heterocycles. The molecule has 0 amide bonds. The minimum Gasteiger partial charge on any atom is -0.489 e. The topological polar surface area (TPSA) is 101 Å². The number of hydrogen-bond donors (Lipinski definition) is 0. The summed E-state index contributed by atoms with van der Waals surface area (Å²) in [5.41, 5.74) is 0.648. The van der Waals surface area contributed by atoms with Crippen molar-refractivity contribution in [2.24, 2.45) is 0 Å². The summed E-state index contributed by atoms with van der Waals surface area (Å²) in [6.45, 7) is 1.03. The molecule has 0 unspecified atom stereocenters. The lowest BCUT2D eigenvalue weighted by Crippen LogP contribution is -2.01. The van der Waals surface area contributed by atoms with Crippen LogP contribution in [-0.4, -0.2) is 24.1 Å². The molecule has 0 atom stereocenters. The van der Waals surface area contributed by atoms with Gasteiger partial charge in [0.2, 0.25) is 0 Å². The lowest BCUT2D eigenvalue weighted by atomic mass is 10.2. The third-order valence-electron chi connectivity index (χ3n) is 3.42. The smallest absolute Gasteiger partial charge is 0.433 e. The summed E-state index contributed by atoms with van der Waals surface area (Å²) < 4.78 is 21.1. The van der Waals surface area contributed by atoms with E-state index in [1.807, 2.05) is 0 Å². The van der Waals surface area contributed by atoms with Crippen LogP contribution in [0.15, 0.2) is 34.8 Å². The summed E-state index contributed by atoms with van der Waals surface area (Å²) >= 11 is 6.18. The quantitative estimate of drug-likeness (QED) is 0.337. The van der Waals surface area contributed by atoms with Crippen LogP contribution < -0.4 is 9.47 Å². The van der Waals surface area contributed by atoms with Crippen LogP contribution in [0.5, 0.6) is 11.5 Å². The van der Waals surface area contributed by atoms with Gasteiger partial charge in [-0.2, -0.15) is 0 Å². The molecule has 136 valence electrons. The average molecular weight is 380 g/mol. The predicted octanol–water partition coefficient (Wildman–Crippen LogP) is 3.76. The van der Waals surface area contributed by atoms with Gasteiger partial charge in [-0.05, 0) is 29.8 Å². The highest BCUT2D eigenvalue weighted by atomic mass is 35.5. The van der Waals surface area contributed by atoms with E-state index in [0.29, 0.717) is 35.3 Å². The number of nitro groups is 1. The molecule has 26 heavy (non-hydrogen) atoms. The van der Waals surface area contributed by atoms with Crippen molar-refractivity contribution in [3.63, 3.8) is 0 Å². The number of carbonyl (C=O) groups excluding carboxylic acids is 1. The molecule has 1 aromatic carbocycles. The molecule has 1 aliphatic rings. The fourth-order valence-electron chi connectivity index (χ4n) is 2.25. The van der Waals surface area contributed by atoms with Crippen LogP contribution in [0.3, 0.4) is 0 Å². The Morgan fingerprint density at radius 3 is 2.88 bits per heavy atom. The maximum Gasteiger partial charge on any atom is 0.433 e. The molecule has 1 aromatic heterocycles. The van der Waals surface area contributed by atoms with Gasteiger partial charge in [0.05, 0.1) is 24.3 Å². The van der Waals surface area contributed by atoms with Gasteiger partial charge in [0.15, 0.2) is 11.5 Å². The fourth-order valence-corrected chi connectivity index (χ4v) is 2.54. The van der Waals surface area contributed by atoms with Crippen LogP contribution in [0.1, 0.15) is 17.7 Å². The Kier molecular flexibility index (Phi) is 5.43. The van der Waals surface area contributed by atoms with E-state index in [1.165, 1.54) is 18.2 Å². The van der Waals surface area contributed by atoms with E-state index in [2.05, 4.69) is 0 Å². The standard InChI is InChI=1S/C17H14ClNO7/c18-13-8-11(9-14-17(13)24-7-1-6-23-14)10-25-16(20)5-3-12-2-4-15(26-12)19(21)22/h2-5,8-9H,1,6-7,10H2/b5-3+. The van der Waals surface area contributed by atoms with Crippen molar-refractivity contribution in [3.05, 3.63) is 56.8 Å². The van der Waals surface area contributed by atoms with E-state index >= 15 is 0 Å². The third kappa shape index (κ3) is 4.34. The zero-order chi connectivity index (χ0) is 18.5. The first kappa shape index (κ1) is 17.8. The first-order valence-electron chi connectivity index (χ1n) is 7.70. The minimum atomic E-state index is -0.663. The zero-order valence-corrected chi connectivity index (χ0v) is 14.2. The number of carbonyl (C=O) groups is 1. The number of furan rings is 1. The lowest BCUT2D eigenvalue weighted by Gasteiger charge is -2.11. The lowest BCUT2D eigenvalue weighted by molar-refractivity contribution is -0.402. The summed E-state index contributed by atoms with van der Waals surface area (Å²) in [5, 5.41) is 10.9. The first-order valence-corrected chi connectivity index (χ1v) is 8.08. The van der Waals surface area contributed by atoms with Gasteiger partial charge in [-0.3, -0.25) is 10.1 Å². The highest BCUT2D eigenvalue weighted by molar-refractivity contribution is 6.32. The number of benzene rings is 1. The second-order valence-electron chi connectivity index (χ2n) is 5.33. The molecule has 0 aliphatic carbocycles. The highest BCUT2D eigenvalue weighted by Gasteiger charge is 2.16. The molecule has 0 radical (unpaired) electrons. The Balaban J connectivity index is 1.60. The van der Waals surface area contributed by atoms with Crippen molar-refractivity contribution >= 4 is 29.5 Å². The van der Waals surface area contributed by atoms with Gasteiger partial charge < -0.3 is 18.6 Å². The van der Waals surface area contributed by atoms with E-state index < -0.39 is 16.8 Å². The second-order valence-corrected chi connectivity index (χ2v) is 5.74. The van der Waals surface area contributed by atoms with Gasteiger partial charge in [-0.25, -0.2) is 4.79 Å². The molecule has 0 saturated heterocycles. The van der Waals surface area contributed by atoms with Crippen LogP contribution in [0.4, 0.5) is 5.88 Å². The molecule has 0 fully saturated rings. The van der Waals surface area contributed by atoms with Gasteiger partial charge in [0, 0.05) is 12.5 Å². The maximum absolute atomic E-state index is 11.8. The summed E-state index contributed by atoms with van der Waals surface area (Å²) in [4.78, 5) is 21.7. The van der Waals surface area contributed by atoms with Crippen LogP contribution in [-0.2, 0) is 16.1 Å². The molecule has 2 aromatic rings. The Morgan fingerprint density at radius 1 is 1.31 bits per heavy atom. The molecular formula is C17H14ClNO7. The van der Waals surface area contributed by atoms with E-state index in [4.69, 9.17) is 30.2 Å². The average Bonchev–Trinajstić information content (AvgIpc) is 2.96. The molecule has 9 heteroatoms. The van der Waals surface area contributed by atoms with Crippen molar-refractivity contribution < 1.29 is 28.3 Å². The number of ether oxygens (including phenoxy) is 3. The number of rotatable bonds is 5. The SMILES string of the molecule is O=C(/C=C/c1ccc([N+](=O)[O-])o1)OCc1cc(Cl)c2c(c1)OCCCO2. The highest BCUT2D eigenvalue weighted by Crippen LogP contribution is 2.38. The molecule has 1 aliphatic heterocycles. The van der Waals surface area contributed by atoms with E-state index in [-0.39, 0.29) is 12.4 Å². The predicted molar refractivity (Wildman–Crippen MR) is 91.3 cm³/mol.